The molecule has 2 aliphatic carbocycles. The van der Waals surface area contributed by atoms with Crippen LogP contribution in [0.4, 0.5) is 0 Å². The molecule has 2 fully saturated rings. The van der Waals surface area contributed by atoms with Crippen LogP contribution in [0.5, 0.6) is 11.5 Å². The van der Waals surface area contributed by atoms with E-state index in [0.29, 0.717) is 23.0 Å². The Bertz CT molecular complexity index is 866. The third-order valence-corrected chi connectivity index (χ3v) is 6.21. The summed E-state index contributed by atoms with van der Waals surface area (Å²) in [6.07, 6.45) is 5.14. The van der Waals surface area contributed by atoms with E-state index in [-0.39, 0.29) is 18.6 Å². The molecule has 0 aromatic heterocycles. The van der Waals surface area contributed by atoms with Gasteiger partial charge in [-0.1, -0.05) is 30.7 Å². The van der Waals surface area contributed by atoms with Gasteiger partial charge in [0.15, 0.2) is 6.61 Å². The maximum Gasteiger partial charge on any atom is 0.338 e. The Morgan fingerprint density at radius 3 is 2.55 bits per heavy atom. The highest BCUT2D eigenvalue weighted by molar-refractivity contribution is 5.91. The lowest BCUT2D eigenvalue weighted by Gasteiger charge is -2.28. The quantitative estimate of drug-likeness (QED) is 0.700. The van der Waals surface area contributed by atoms with Crippen LogP contribution in [0.25, 0.3) is 0 Å². The number of hydrogen-bond acceptors (Lipinski definition) is 4. The fourth-order valence-corrected chi connectivity index (χ4v) is 4.83. The molecule has 0 aliphatic heterocycles. The average molecular weight is 393 g/mol. The molecule has 29 heavy (non-hydrogen) atoms. The van der Waals surface area contributed by atoms with E-state index in [1.807, 2.05) is 30.3 Å². The topological polar surface area (TPSA) is 64.6 Å². The van der Waals surface area contributed by atoms with E-state index in [9.17, 15) is 9.59 Å². The van der Waals surface area contributed by atoms with Crippen molar-refractivity contribution in [2.45, 2.75) is 38.6 Å². The summed E-state index contributed by atoms with van der Waals surface area (Å²) < 4.78 is 11.0. The number of para-hydroxylation sites is 1. The number of ether oxygens (including phenoxy) is 2. The summed E-state index contributed by atoms with van der Waals surface area (Å²) in [4.78, 5) is 24.6. The molecule has 0 radical (unpaired) electrons. The Labute approximate surface area is 171 Å². The first-order valence-corrected chi connectivity index (χ1v) is 10.4. The van der Waals surface area contributed by atoms with E-state index in [1.165, 1.54) is 25.7 Å². The van der Waals surface area contributed by atoms with Gasteiger partial charge in [0.1, 0.15) is 11.5 Å². The molecule has 0 unspecified atom stereocenters. The Morgan fingerprint density at radius 1 is 1.03 bits per heavy atom. The predicted octanol–water partition coefficient (Wildman–Crippen LogP) is 4.58. The van der Waals surface area contributed by atoms with Crippen molar-refractivity contribution in [3.63, 3.8) is 0 Å². The van der Waals surface area contributed by atoms with Gasteiger partial charge in [-0.15, -0.1) is 0 Å². The minimum Gasteiger partial charge on any atom is -0.457 e. The van der Waals surface area contributed by atoms with Gasteiger partial charge in [-0.2, -0.15) is 0 Å². The van der Waals surface area contributed by atoms with Gasteiger partial charge in [0.2, 0.25) is 0 Å². The van der Waals surface area contributed by atoms with Crippen LogP contribution in [-0.4, -0.2) is 24.5 Å². The van der Waals surface area contributed by atoms with Crippen molar-refractivity contribution in [3.8, 4) is 11.5 Å². The number of nitrogens with one attached hydrogen (secondary N) is 1. The molecule has 5 nitrogen and oxygen atoms in total. The summed E-state index contributed by atoms with van der Waals surface area (Å²) in [6, 6.07) is 16.2. The van der Waals surface area contributed by atoms with Gasteiger partial charge in [0.25, 0.3) is 5.91 Å². The number of benzene rings is 2. The predicted molar refractivity (Wildman–Crippen MR) is 110 cm³/mol. The highest BCUT2D eigenvalue weighted by atomic mass is 16.5. The molecule has 5 heteroatoms. The standard InChI is InChI=1S/C24H27NO4/c1-16(22-13-17-10-11-18(22)12-17)25-23(26)15-28-24(27)19-6-5-9-21(14-19)29-20-7-3-2-4-8-20/h2-9,14,16-18,22H,10-13,15H2,1H3,(H,25,26)/t16-,17+,18+,22-/m0/s1. The van der Waals surface area contributed by atoms with Crippen molar-refractivity contribution in [1.82, 2.24) is 5.32 Å². The molecule has 2 aromatic rings. The molecule has 2 aliphatic rings. The van der Waals surface area contributed by atoms with Gasteiger partial charge in [0, 0.05) is 6.04 Å². The van der Waals surface area contributed by atoms with Crippen LogP contribution in [0.1, 0.15) is 43.0 Å². The van der Waals surface area contributed by atoms with Crippen LogP contribution in [0.2, 0.25) is 0 Å². The van der Waals surface area contributed by atoms with Crippen molar-refractivity contribution in [3.05, 3.63) is 60.2 Å². The number of hydrogen-bond donors (Lipinski definition) is 1. The summed E-state index contributed by atoms with van der Waals surface area (Å²) >= 11 is 0. The van der Waals surface area contributed by atoms with Crippen LogP contribution in [0, 0.1) is 17.8 Å². The second kappa shape index (κ2) is 8.68. The highest BCUT2D eigenvalue weighted by Gasteiger charge is 2.42. The van der Waals surface area contributed by atoms with E-state index in [4.69, 9.17) is 9.47 Å². The van der Waals surface area contributed by atoms with Crippen molar-refractivity contribution >= 4 is 11.9 Å². The molecule has 152 valence electrons. The van der Waals surface area contributed by atoms with Crippen molar-refractivity contribution in [2.75, 3.05) is 6.61 Å². The monoisotopic (exact) mass is 393 g/mol. The molecule has 2 bridgehead atoms. The molecule has 1 N–H and O–H groups in total. The molecule has 4 atom stereocenters. The third-order valence-electron chi connectivity index (χ3n) is 6.21. The molecular formula is C24H27NO4. The van der Waals surface area contributed by atoms with Crippen LogP contribution in [0.3, 0.4) is 0 Å². The molecule has 0 heterocycles. The number of esters is 1. The van der Waals surface area contributed by atoms with E-state index in [2.05, 4.69) is 12.2 Å². The summed E-state index contributed by atoms with van der Waals surface area (Å²) in [5.74, 6) is 2.58. The van der Waals surface area contributed by atoms with E-state index < -0.39 is 5.97 Å². The van der Waals surface area contributed by atoms with Gasteiger partial charge < -0.3 is 14.8 Å². The SMILES string of the molecule is C[C@H](NC(=O)COC(=O)c1cccc(Oc2ccccc2)c1)[C@@H]1C[C@@H]2CC[C@@H]1C2. The first-order chi connectivity index (χ1) is 14.1. The molecule has 0 spiro atoms. The first-order valence-electron chi connectivity index (χ1n) is 10.4. The van der Waals surface area contributed by atoms with E-state index in [1.54, 1.807) is 24.3 Å². The van der Waals surface area contributed by atoms with Gasteiger partial charge in [-0.3, -0.25) is 4.79 Å². The average Bonchev–Trinajstić information content (AvgIpc) is 3.37. The van der Waals surface area contributed by atoms with Crippen LogP contribution in [0.15, 0.2) is 54.6 Å². The summed E-state index contributed by atoms with van der Waals surface area (Å²) in [7, 11) is 0. The van der Waals surface area contributed by atoms with E-state index >= 15 is 0 Å². The summed E-state index contributed by atoms with van der Waals surface area (Å²) in [6.45, 7) is 1.79. The van der Waals surface area contributed by atoms with Gasteiger partial charge in [-0.25, -0.2) is 4.79 Å². The largest absolute Gasteiger partial charge is 0.457 e. The molecule has 4 rings (SSSR count). The number of fused-ring (bicyclic) bond motifs is 2. The van der Waals surface area contributed by atoms with Crippen molar-refractivity contribution < 1.29 is 19.1 Å². The Morgan fingerprint density at radius 2 is 1.83 bits per heavy atom. The maximum absolute atomic E-state index is 12.3. The maximum atomic E-state index is 12.3. The zero-order valence-corrected chi connectivity index (χ0v) is 16.7. The summed E-state index contributed by atoms with van der Waals surface area (Å²) in [5, 5.41) is 3.02. The molecule has 2 aromatic carbocycles. The van der Waals surface area contributed by atoms with Crippen LogP contribution >= 0.6 is 0 Å². The fourth-order valence-electron chi connectivity index (χ4n) is 4.83. The zero-order valence-electron chi connectivity index (χ0n) is 16.7. The molecule has 1 amide bonds. The van der Waals surface area contributed by atoms with Crippen LogP contribution < -0.4 is 10.1 Å². The zero-order chi connectivity index (χ0) is 20.2. The smallest absolute Gasteiger partial charge is 0.338 e. The van der Waals surface area contributed by atoms with Gasteiger partial charge in [-0.05, 0) is 74.3 Å². The van der Waals surface area contributed by atoms with Gasteiger partial charge >= 0.3 is 5.97 Å². The van der Waals surface area contributed by atoms with E-state index in [0.717, 1.165) is 11.8 Å². The number of carbonyl (C=O) groups excluding carboxylic acids is 2. The Hall–Kier alpha value is -2.82. The minimum atomic E-state index is -0.536. The normalized spacial score (nSPS) is 23.4. The van der Waals surface area contributed by atoms with Crippen molar-refractivity contribution in [1.29, 1.82) is 0 Å². The lowest BCUT2D eigenvalue weighted by Crippen LogP contribution is -2.42. The molecule has 2 saturated carbocycles. The van der Waals surface area contributed by atoms with Gasteiger partial charge in [0.05, 0.1) is 5.56 Å². The second-order valence-electron chi connectivity index (χ2n) is 8.21. The lowest BCUT2D eigenvalue weighted by atomic mass is 9.84. The fraction of sp³-hybridized carbons (Fsp3) is 0.417. The first kappa shape index (κ1) is 19.5. The second-order valence-corrected chi connectivity index (χ2v) is 8.21. The lowest BCUT2D eigenvalue weighted by molar-refractivity contribution is -0.125. The Kier molecular flexibility index (Phi) is 5.84. The number of rotatable bonds is 7. The number of carbonyl (C=O) groups is 2. The minimum absolute atomic E-state index is 0.124. The molecule has 0 saturated heterocycles. The third kappa shape index (κ3) is 4.78. The molecular weight excluding hydrogens is 366 g/mol. The van der Waals surface area contributed by atoms with Crippen molar-refractivity contribution in [2.24, 2.45) is 17.8 Å². The summed E-state index contributed by atoms with van der Waals surface area (Å²) in [5.41, 5.74) is 0.354. The Balaban J connectivity index is 1.27. The highest BCUT2D eigenvalue weighted by Crippen LogP contribution is 2.49. The number of amides is 1. The van der Waals surface area contributed by atoms with Crippen LogP contribution in [-0.2, 0) is 9.53 Å².